The predicted octanol–water partition coefficient (Wildman–Crippen LogP) is 2.70. The van der Waals surface area contributed by atoms with Crippen molar-refractivity contribution in [2.24, 2.45) is 0 Å². The maximum atomic E-state index is 12.7. The van der Waals surface area contributed by atoms with Gasteiger partial charge >= 0.3 is 0 Å². The quantitative estimate of drug-likeness (QED) is 0.755. The summed E-state index contributed by atoms with van der Waals surface area (Å²) in [7, 11) is 0. The van der Waals surface area contributed by atoms with Gasteiger partial charge < -0.3 is 9.80 Å². The minimum absolute atomic E-state index is 0.0651. The second kappa shape index (κ2) is 9.35. The molecule has 1 aliphatic heterocycles. The van der Waals surface area contributed by atoms with Gasteiger partial charge in [0.25, 0.3) is 0 Å². The Hall–Kier alpha value is -2.63. The molecule has 0 spiro atoms. The molecule has 1 aromatic carbocycles. The van der Waals surface area contributed by atoms with Crippen LogP contribution in [-0.2, 0) is 22.7 Å². The van der Waals surface area contributed by atoms with Gasteiger partial charge in [0.2, 0.25) is 11.8 Å². The third-order valence-corrected chi connectivity index (χ3v) is 5.14. The zero-order valence-electron chi connectivity index (χ0n) is 16.0. The van der Waals surface area contributed by atoms with Crippen molar-refractivity contribution in [2.45, 2.75) is 51.7 Å². The molecule has 1 aromatic heterocycles. The molecular formula is C21H28N4O2. The maximum Gasteiger partial charge on any atom is 0.224 e. The van der Waals surface area contributed by atoms with E-state index in [4.69, 9.17) is 0 Å². The predicted molar refractivity (Wildman–Crippen MR) is 104 cm³/mol. The highest BCUT2D eigenvalue weighted by Crippen LogP contribution is 2.18. The molecule has 144 valence electrons. The molecule has 2 heterocycles. The number of carbonyl (C=O) groups is 2. The lowest BCUT2D eigenvalue weighted by Crippen LogP contribution is -2.43. The summed E-state index contributed by atoms with van der Waals surface area (Å²) in [6, 6.07) is 12.0. The first-order chi connectivity index (χ1) is 13.2. The van der Waals surface area contributed by atoms with Gasteiger partial charge in [-0.2, -0.15) is 5.10 Å². The van der Waals surface area contributed by atoms with Crippen molar-refractivity contribution in [2.75, 3.05) is 13.1 Å². The second-order valence-corrected chi connectivity index (χ2v) is 7.03. The number of hydrogen-bond acceptors (Lipinski definition) is 3. The molecule has 1 atom stereocenters. The maximum absolute atomic E-state index is 12.7. The largest absolute Gasteiger partial charge is 0.340 e. The third-order valence-electron chi connectivity index (χ3n) is 5.14. The average molecular weight is 368 g/mol. The van der Waals surface area contributed by atoms with Crippen LogP contribution in [-0.4, -0.2) is 50.5 Å². The van der Waals surface area contributed by atoms with Crippen LogP contribution >= 0.6 is 0 Å². The van der Waals surface area contributed by atoms with Gasteiger partial charge in [0.15, 0.2) is 0 Å². The molecule has 6 heteroatoms. The van der Waals surface area contributed by atoms with E-state index in [2.05, 4.69) is 12.0 Å². The molecule has 2 amide bonds. The third kappa shape index (κ3) is 5.18. The van der Waals surface area contributed by atoms with Crippen molar-refractivity contribution in [1.82, 2.24) is 19.6 Å². The first-order valence-electron chi connectivity index (χ1n) is 9.76. The van der Waals surface area contributed by atoms with E-state index in [1.165, 1.54) is 0 Å². The number of benzene rings is 1. The normalized spacial score (nSPS) is 17.8. The molecular weight excluding hydrogens is 340 g/mol. The summed E-state index contributed by atoms with van der Waals surface area (Å²) in [5, 5.41) is 4.17. The van der Waals surface area contributed by atoms with Crippen LogP contribution in [0.4, 0.5) is 0 Å². The molecule has 1 saturated heterocycles. The fourth-order valence-electron chi connectivity index (χ4n) is 3.58. The molecule has 3 rings (SSSR count). The Morgan fingerprint density at radius 3 is 2.74 bits per heavy atom. The van der Waals surface area contributed by atoms with Gasteiger partial charge in [-0.25, -0.2) is 0 Å². The lowest BCUT2D eigenvalue weighted by molar-refractivity contribution is -0.133. The summed E-state index contributed by atoms with van der Waals surface area (Å²) in [6.07, 6.45) is 6.14. The zero-order chi connectivity index (χ0) is 19.1. The Morgan fingerprint density at radius 1 is 1.22 bits per heavy atom. The molecule has 6 nitrogen and oxygen atoms in total. The van der Waals surface area contributed by atoms with Gasteiger partial charge in [-0.3, -0.25) is 14.3 Å². The van der Waals surface area contributed by atoms with Crippen LogP contribution in [0, 0.1) is 0 Å². The molecule has 0 aliphatic carbocycles. The molecule has 0 unspecified atom stereocenters. The van der Waals surface area contributed by atoms with Crippen molar-refractivity contribution < 1.29 is 9.59 Å². The fourth-order valence-corrected chi connectivity index (χ4v) is 3.58. The SMILES string of the molecule is CC[C@@H]1CN(C(=O)CCCn2cccn2)CCC(=O)N1Cc1ccccc1. The summed E-state index contributed by atoms with van der Waals surface area (Å²) < 4.78 is 1.84. The fraction of sp³-hybridized carbons (Fsp3) is 0.476. The van der Waals surface area contributed by atoms with E-state index < -0.39 is 0 Å². The highest BCUT2D eigenvalue weighted by Gasteiger charge is 2.30. The molecule has 0 N–H and O–H groups in total. The monoisotopic (exact) mass is 368 g/mol. The van der Waals surface area contributed by atoms with Gasteiger partial charge in [-0.05, 0) is 24.5 Å². The van der Waals surface area contributed by atoms with Gasteiger partial charge in [-0.1, -0.05) is 37.3 Å². The highest BCUT2D eigenvalue weighted by atomic mass is 16.2. The van der Waals surface area contributed by atoms with Gasteiger partial charge in [0.1, 0.15) is 0 Å². The summed E-state index contributed by atoms with van der Waals surface area (Å²) >= 11 is 0. The topological polar surface area (TPSA) is 58.4 Å². The van der Waals surface area contributed by atoms with Crippen molar-refractivity contribution in [3.8, 4) is 0 Å². The molecule has 27 heavy (non-hydrogen) atoms. The lowest BCUT2D eigenvalue weighted by atomic mass is 10.1. The summed E-state index contributed by atoms with van der Waals surface area (Å²) in [6.45, 7) is 4.57. The number of hydrogen-bond donors (Lipinski definition) is 0. The first-order valence-corrected chi connectivity index (χ1v) is 9.76. The molecule has 0 radical (unpaired) electrons. The summed E-state index contributed by atoms with van der Waals surface area (Å²) in [5.41, 5.74) is 1.13. The van der Waals surface area contributed by atoms with Crippen LogP contribution in [0.25, 0.3) is 0 Å². The van der Waals surface area contributed by atoms with Crippen molar-refractivity contribution in [3.05, 3.63) is 54.4 Å². The number of carbonyl (C=O) groups excluding carboxylic acids is 2. The van der Waals surface area contributed by atoms with Crippen LogP contribution < -0.4 is 0 Å². The summed E-state index contributed by atoms with van der Waals surface area (Å²) in [4.78, 5) is 29.2. The molecule has 2 aromatic rings. The van der Waals surface area contributed by atoms with E-state index in [-0.39, 0.29) is 17.9 Å². The number of amides is 2. The Labute approximate surface area is 160 Å². The Kier molecular flexibility index (Phi) is 6.63. The van der Waals surface area contributed by atoms with Crippen LogP contribution in [0.15, 0.2) is 48.8 Å². The van der Waals surface area contributed by atoms with Gasteiger partial charge in [-0.15, -0.1) is 0 Å². The van der Waals surface area contributed by atoms with E-state index in [9.17, 15) is 9.59 Å². The van der Waals surface area contributed by atoms with E-state index in [1.807, 2.05) is 57.1 Å². The van der Waals surface area contributed by atoms with Crippen molar-refractivity contribution in [3.63, 3.8) is 0 Å². The Balaban J connectivity index is 1.58. The first kappa shape index (κ1) is 19.1. The lowest BCUT2D eigenvalue weighted by Gasteiger charge is -2.31. The Bertz CT molecular complexity index is 730. The average Bonchev–Trinajstić information content (AvgIpc) is 3.15. The van der Waals surface area contributed by atoms with Crippen LogP contribution in [0.3, 0.4) is 0 Å². The minimum atomic E-state index is 0.0651. The molecule has 0 saturated carbocycles. The van der Waals surface area contributed by atoms with E-state index in [1.54, 1.807) is 6.20 Å². The Morgan fingerprint density at radius 2 is 2.04 bits per heavy atom. The standard InChI is InChI=1S/C21H28N4O2/c1-2-19-17-23(20(26)10-6-13-24-14-7-12-22-24)15-11-21(27)25(19)16-18-8-4-3-5-9-18/h3-5,7-9,12,14,19H,2,6,10-11,13,15-17H2,1H3/t19-/m1/s1. The molecule has 1 aliphatic rings. The van der Waals surface area contributed by atoms with Crippen molar-refractivity contribution in [1.29, 1.82) is 0 Å². The number of nitrogens with zero attached hydrogens (tertiary/aromatic N) is 4. The smallest absolute Gasteiger partial charge is 0.224 e. The van der Waals surface area contributed by atoms with E-state index >= 15 is 0 Å². The molecule has 0 bridgehead atoms. The van der Waals surface area contributed by atoms with Gasteiger partial charge in [0, 0.05) is 57.5 Å². The number of rotatable bonds is 7. The summed E-state index contributed by atoms with van der Waals surface area (Å²) in [5.74, 6) is 0.271. The van der Waals surface area contributed by atoms with Crippen LogP contribution in [0.5, 0.6) is 0 Å². The number of aryl methyl sites for hydroxylation is 1. The molecule has 1 fully saturated rings. The van der Waals surface area contributed by atoms with Crippen molar-refractivity contribution >= 4 is 11.8 Å². The zero-order valence-corrected chi connectivity index (χ0v) is 16.0. The highest BCUT2D eigenvalue weighted by molar-refractivity contribution is 5.80. The number of aromatic nitrogens is 2. The van der Waals surface area contributed by atoms with E-state index in [0.29, 0.717) is 32.5 Å². The van der Waals surface area contributed by atoms with Crippen LogP contribution in [0.1, 0.15) is 38.2 Å². The minimum Gasteiger partial charge on any atom is -0.340 e. The van der Waals surface area contributed by atoms with E-state index in [0.717, 1.165) is 24.9 Å². The van der Waals surface area contributed by atoms with Crippen LogP contribution in [0.2, 0.25) is 0 Å². The van der Waals surface area contributed by atoms with Gasteiger partial charge in [0.05, 0.1) is 0 Å². The second-order valence-electron chi connectivity index (χ2n) is 7.03.